The number of nitro benzene ring substituents is 1. The molecule has 0 aliphatic heterocycles. The molecule has 0 saturated heterocycles. The van der Waals surface area contributed by atoms with Crippen molar-refractivity contribution < 1.29 is 9.66 Å². The quantitative estimate of drug-likeness (QED) is 0.136. The number of rotatable bonds is 8. The van der Waals surface area contributed by atoms with Gasteiger partial charge in [-0.2, -0.15) is 0 Å². The lowest BCUT2D eigenvalue weighted by Crippen LogP contribution is -2.19. The average molecular weight is 520 g/mol. The summed E-state index contributed by atoms with van der Waals surface area (Å²) in [7, 11) is 1.63. The first-order valence-electron chi connectivity index (χ1n) is 12.1. The Morgan fingerprint density at radius 3 is 2.10 bits per heavy atom. The Bertz CT molecular complexity index is 1690. The van der Waals surface area contributed by atoms with Crippen LogP contribution in [0.2, 0.25) is 0 Å². The molecule has 0 bridgehead atoms. The van der Waals surface area contributed by atoms with Gasteiger partial charge < -0.3 is 10.1 Å². The zero-order chi connectivity index (χ0) is 27.4. The van der Waals surface area contributed by atoms with Crippen LogP contribution in [-0.4, -0.2) is 27.5 Å². The summed E-state index contributed by atoms with van der Waals surface area (Å²) in [5.41, 5.74) is 5.01. The van der Waals surface area contributed by atoms with E-state index in [1.54, 1.807) is 14.0 Å². The fourth-order valence-electron chi connectivity index (χ4n) is 4.20. The molecule has 0 aliphatic rings. The van der Waals surface area contributed by atoms with E-state index in [0.29, 0.717) is 28.3 Å². The molecule has 39 heavy (non-hydrogen) atoms. The van der Waals surface area contributed by atoms with E-state index in [0.717, 1.165) is 22.7 Å². The number of ether oxygens (including phenoxy) is 1. The number of hydrogen-bond donors (Lipinski definition) is 2. The number of benzene rings is 4. The maximum absolute atomic E-state index is 13.6. The van der Waals surface area contributed by atoms with Crippen LogP contribution in [0.3, 0.4) is 0 Å². The summed E-state index contributed by atoms with van der Waals surface area (Å²) in [4.78, 5) is 28.9. The molecule has 1 aromatic heterocycles. The van der Waals surface area contributed by atoms with E-state index in [1.165, 1.54) is 28.9 Å². The van der Waals surface area contributed by atoms with Gasteiger partial charge in [-0.3, -0.25) is 25.0 Å². The van der Waals surface area contributed by atoms with E-state index < -0.39 is 4.92 Å². The Morgan fingerprint density at radius 2 is 1.51 bits per heavy atom. The Hall–Kier alpha value is -5.44. The van der Waals surface area contributed by atoms with Crippen molar-refractivity contribution in [2.75, 3.05) is 12.4 Å². The van der Waals surface area contributed by atoms with Crippen molar-refractivity contribution in [2.24, 2.45) is 4.99 Å². The lowest BCUT2D eigenvalue weighted by molar-refractivity contribution is -0.384. The minimum absolute atomic E-state index is 0.0514. The highest BCUT2D eigenvalue weighted by atomic mass is 16.6. The fourth-order valence-corrected chi connectivity index (χ4v) is 4.20. The molecule has 0 radical (unpaired) electrons. The van der Waals surface area contributed by atoms with Crippen molar-refractivity contribution in [1.82, 2.24) is 9.78 Å². The summed E-state index contributed by atoms with van der Waals surface area (Å²) in [6.45, 7) is 1.79. The lowest BCUT2D eigenvalue weighted by Gasteiger charge is -2.08. The zero-order valence-electron chi connectivity index (χ0n) is 21.3. The van der Waals surface area contributed by atoms with Crippen LogP contribution in [0, 0.1) is 10.1 Å². The standard InChI is InChI=1S/C30H25N5O4/c1-20(31-22-8-10-23(11-9-22)32-24-12-18-27(39-2)19-13-24)28-29(21-6-4-3-5-7-21)33-34(30(28)36)25-14-16-26(17-15-25)35(37)38/h3-19,32-33H,1-2H3. The van der Waals surface area contributed by atoms with Crippen LogP contribution < -0.4 is 15.6 Å². The molecule has 2 N–H and O–H groups in total. The molecule has 5 rings (SSSR count). The maximum Gasteiger partial charge on any atom is 0.280 e. The highest BCUT2D eigenvalue weighted by molar-refractivity contribution is 6.04. The summed E-state index contributed by atoms with van der Waals surface area (Å²) in [5.74, 6) is 0.785. The largest absolute Gasteiger partial charge is 0.497 e. The molecular formula is C30H25N5O4. The minimum Gasteiger partial charge on any atom is -0.497 e. The Kier molecular flexibility index (Phi) is 7.05. The number of aromatic nitrogens is 2. The summed E-state index contributed by atoms with van der Waals surface area (Å²) in [6.07, 6.45) is 0. The van der Waals surface area contributed by atoms with Crippen molar-refractivity contribution in [3.05, 3.63) is 129 Å². The number of hydrogen-bond acceptors (Lipinski definition) is 6. The molecule has 1 heterocycles. The number of non-ortho nitro benzene ring substituents is 1. The molecule has 9 nitrogen and oxygen atoms in total. The first kappa shape index (κ1) is 25.2. The fraction of sp³-hybridized carbons (Fsp3) is 0.0667. The number of aliphatic imine (C=N–C) groups is 1. The third-order valence-electron chi connectivity index (χ3n) is 6.18. The molecule has 0 atom stereocenters. The van der Waals surface area contributed by atoms with E-state index in [1.807, 2.05) is 78.9 Å². The number of H-pyrrole nitrogens is 1. The first-order valence-corrected chi connectivity index (χ1v) is 12.1. The molecule has 0 saturated carbocycles. The molecule has 4 aromatic carbocycles. The summed E-state index contributed by atoms with van der Waals surface area (Å²) < 4.78 is 6.58. The molecular weight excluding hydrogens is 494 g/mol. The number of nitro groups is 1. The van der Waals surface area contributed by atoms with Gasteiger partial charge in [0.25, 0.3) is 11.2 Å². The highest BCUT2D eigenvalue weighted by Gasteiger charge is 2.20. The molecule has 0 unspecified atom stereocenters. The highest BCUT2D eigenvalue weighted by Crippen LogP contribution is 2.25. The topological polar surface area (TPSA) is 115 Å². The minimum atomic E-state index is -0.476. The number of aromatic amines is 1. The van der Waals surface area contributed by atoms with Crippen molar-refractivity contribution in [2.45, 2.75) is 6.92 Å². The van der Waals surface area contributed by atoms with Crippen molar-refractivity contribution in [1.29, 1.82) is 0 Å². The molecule has 0 spiro atoms. The predicted molar refractivity (Wildman–Crippen MR) is 153 cm³/mol. The number of anilines is 2. The average Bonchev–Trinajstić information content (AvgIpc) is 3.32. The second kappa shape index (κ2) is 10.9. The van der Waals surface area contributed by atoms with Crippen LogP contribution in [0.1, 0.15) is 12.5 Å². The van der Waals surface area contributed by atoms with Crippen molar-refractivity contribution in [3.8, 4) is 22.7 Å². The van der Waals surface area contributed by atoms with Crippen LogP contribution in [0.5, 0.6) is 5.75 Å². The second-order valence-electron chi connectivity index (χ2n) is 8.74. The molecule has 194 valence electrons. The van der Waals surface area contributed by atoms with Crippen LogP contribution in [0.15, 0.2) is 113 Å². The lowest BCUT2D eigenvalue weighted by atomic mass is 10.1. The van der Waals surface area contributed by atoms with E-state index >= 15 is 0 Å². The summed E-state index contributed by atoms with van der Waals surface area (Å²) in [6, 6.07) is 30.5. The third kappa shape index (κ3) is 5.47. The number of methoxy groups -OCH3 is 1. The third-order valence-corrected chi connectivity index (χ3v) is 6.18. The van der Waals surface area contributed by atoms with Crippen LogP contribution in [-0.2, 0) is 0 Å². The van der Waals surface area contributed by atoms with E-state index in [-0.39, 0.29) is 11.2 Å². The molecule has 0 fully saturated rings. The van der Waals surface area contributed by atoms with Gasteiger partial charge in [0, 0.05) is 29.1 Å². The van der Waals surface area contributed by atoms with Gasteiger partial charge in [0.1, 0.15) is 5.75 Å². The van der Waals surface area contributed by atoms with Crippen molar-refractivity contribution >= 4 is 28.5 Å². The smallest absolute Gasteiger partial charge is 0.280 e. The summed E-state index contributed by atoms with van der Waals surface area (Å²) >= 11 is 0. The summed E-state index contributed by atoms with van der Waals surface area (Å²) in [5, 5.41) is 17.6. The van der Waals surface area contributed by atoms with Gasteiger partial charge >= 0.3 is 0 Å². The van der Waals surface area contributed by atoms with Crippen LogP contribution in [0.25, 0.3) is 16.9 Å². The van der Waals surface area contributed by atoms with Gasteiger partial charge in [0.05, 0.1) is 40.4 Å². The van der Waals surface area contributed by atoms with Crippen molar-refractivity contribution in [3.63, 3.8) is 0 Å². The van der Waals surface area contributed by atoms with E-state index in [9.17, 15) is 14.9 Å². The van der Waals surface area contributed by atoms with E-state index in [4.69, 9.17) is 9.73 Å². The normalized spacial score (nSPS) is 11.3. The second-order valence-corrected chi connectivity index (χ2v) is 8.74. The van der Waals surface area contributed by atoms with Gasteiger partial charge in [0.15, 0.2) is 0 Å². The van der Waals surface area contributed by atoms with Gasteiger partial charge in [-0.25, -0.2) is 4.68 Å². The predicted octanol–water partition coefficient (Wildman–Crippen LogP) is 6.63. The van der Waals surface area contributed by atoms with Crippen LogP contribution in [0.4, 0.5) is 22.7 Å². The molecule has 0 amide bonds. The van der Waals surface area contributed by atoms with Gasteiger partial charge in [-0.05, 0) is 67.6 Å². The SMILES string of the molecule is COc1ccc(Nc2ccc(N=C(C)c3c(-c4ccccc4)[nH]n(-c4ccc([N+](=O)[O-])cc4)c3=O)cc2)cc1. The molecule has 9 heteroatoms. The Balaban J connectivity index is 1.48. The zero-order valence-corrected chi connectivity index (χ0v) is 21.3. The molecule has 0 aliphatic carbocycles. The maximum atomic E-state index is 13.6. The van der Waals surface area contributed by atoms with Gasteiger partial charge in [0.2, 0.25) is 0 Å². The Labute approximate surface area is 224 Å². The van der Waals surface area contributed by atoms with Crippen LogP contribution >= 0.6 is 0 Å². The monoisotopic (exact) mass is 519 g/mol. The number of nitrogens with zero attached hydrogens (tertiary/aromatic N) is 3. The van der Waals surface area contributed by atoms with Gasteiger partial charge in [-0.15, -0.1) is 0 Å². The number of nitrogens with one attached hydrogen (secondary N) is 2. The van der Waals surface area contributed by atoms with Gasteiger partial charge in [-0.1, -0.05) is 30.3 Å². The Morgan fingerprint density at radius 1 is 0.897 bits per heavy atom. The van der Waals surface area contributed by atoms with E-state index in [2.05, 4.69) is 10.4 Å². The first-order chi connectivity index (χ1) is 18.9. The molecule has 5 aromatic rings.